The molecule has 1 N–H and O–H groups in total. The molecular weight excluding hydrogens is 228 g/mol. The molecule has 0 saturated carbocycles. The Balaban J connectivity index is 3.48. The van der Waals surface area contributed by atoms with E-state index in [1.54, 1.807) is 7.11 Å². The number of ether oxygens (including phenoxy) is 1. The van der Waals surface area contributed by atoms with Gasteiger partial charge in [0.1, 0.15) is 5.75 Å². The number of aryl methyl sites for hydroxylation is 2. The minimum atomic E-state index is -0.792. The van der Waals surface area contributed by atoms with Crippen molar-refractivity contribution in [1.82, 2.24) is 0 Å². The SMILES string of the molecule is COc1c(C)c(C)cc(C)c1C(C)(C)CC(=O)O. The first-order chi connectivity index (χ1) is 8.20. The molecule has 0 spiro atoms. The summed E-state index contributed by atoms with van der Waals surface area (Å²) in [6.45, 7) is 9.95. The Labute approximate surface area is 109 Å². The maximum Gasteiger partial charge on any atom is 0.304 e. The smallest absolute Gasteiger partial charge is 0.304 e. The van der Waals surface area contributed by atoms with Gasteiger partial charge in [-0.3, -0.25) is 4.79 Å². The third-order valence-corrected chi connectivity index (χ3v) is 3.46. The van der Waals surface area contributed by atoms with Crippen LogP contribution in [0.1, 0.15) is 42.5 Å². The molecular formula is C15H22O3. The second kappa shape index (κ2) is 5.01. The zero-order valence-corrected chi connectivity index (χ0v) is 12.0. The standard InChI is InChI=1S/C15H22O3/c1-9-7-10(2)13(14(18-6)11(9)3)15(4,5)8-12(16)17/h7H,8H2,1-6H3,(H,16,17). The van der Waals surface area contributed by atoms with Crippen molar-refractivity contribution in [2.75, 3.05) is 7.11 Å². The monoisotopic (exact) mass is 250 g/mol. The summed E-state index contributed by atoms with van der Waals surface area (Å²) in [6.07, 6.45) is 0.0900. The Morgan fingerprint density at radius 3 is 2.28 bits per heavy atom. The maximum absolute atomic E-state index is 11.0. The van der Waals surface area contributed by atoms with Crippen LogP contribution >= 0.6 is 0 Å². The lowest BCUT2D eigenvalue weighted by Crippen LogP contribution is -2.24. The van der Waals surface area contributed by atoms with Gasteiger partial charge in [-0.1, -0.05) is 19.9 Å². The van der Waals surface area contributed by atoms with E-state index in [0.717, 1.165) is 22.4 Å². The highest BCUT2D eigenvalue weighted by atomic mass is 16.5. The van der Waals surface area contributed by atoms with Gasteiger partial charge in [0.05, 0.1) is 13.5 Å². The third kappa shape index (κ3) is 2.66. The Kier molecular flexibility index (Phi) is 4.05. The van der Waals surface area contributed by atoms with E-state index in [1.165, 1.54) is 5.56 Å². The second-order valence-electron chi connectivity index (χ2n) is 5.50. The number of rotatable bonds is 4. The van der Waals surface area contributed by atoms with Crippen LogP contribution in [0, 0.1) is 20.8 Å². The van der Waals surface area contributed by atoms with Crippen LogP contribution in [-0.4, -0.2) is 18.2 Å². The molecule has 0 aliphatic heterocycles. The van der Waals surface area contributed by atoms with Gasteiger partial charge in [-0.15, -0.1) is 0 Å². The molecule has 18 heavy (non-hydrogen) atoms. The van der Waals surface area contributed by atoms with E-state index < -0.39 is 11.4 Å². The molecule has 0 amide bonds. The van der Waals surface area contributed by atoms with E-state index in [9.17, 15) is 4.79 Å². The summed E-state index contributed by atoms with van der Waals surface area (Å²) in [5.74, 6) is 0.0263. The number of carboxylic acids is 1. The van der Waals surface area contributed by atoms with Crippen molar-refractivity contribution in [3.05, 3.63) is 28.3 Å². The van der Waals surface area contributed by atoms with Gasteiger partial charge in [0.2, 0.25) is 0 Å². The zero-order valence-electron chi connectivity index (χ0n) is 12.0. The van der Waals surface area contributed by atoms with Crippen molar-refractivity contribution in [1.29, 1.82) is 0 Å². The number of hydrogen-bond acceptors (Lipinski definition) is 2. The summed E-state index contributed by atoms with van der Waals surface area (Å²) in [6, 6.07) is 2.09. The van der Waals surface area contributed by atoms with Crippen molar-refractivity contribution in [3.63, 3.8) is 0 Å². The fraction of sp³-hybridized carbons (Fsp3) is 0.533. The predicted molar refractivity (Wildman–Crippen MR) is 72.5 cm³/mol. The van der Waals surface area contributed by atoms with E-state index in [0.29, 0.717) is 0 Å². The Morgan fingerprint density at radius 1 is 1.28 bits per heavy atom. The number of carboxylic acid groups (broad SMARTS) is 1. The summed E-state index contributed by atoms with van der Waals surface area (Å²) in [5.41, 5.74) is 3.88. The number of carbonyl (C=O) groups is 1. The van der Waals surface area contributed by atoms with Gasteiger partial charge in [-0.05, 0) is 37.5 Å². The first-order valence-corrected chi connectivity index (χ1v) is 6.07. The van der Waals surface area contributed by atoms with Crippen LogP contribution in [0.4, 0.5) is 0 Å². The van der Waals surface area contributed by atoms with Gasteiger partial charge in [-0.25, -0.2) is 0 Å². The molecule has 0 bridgehead atoms. The molecule has 0 aliphatic carbocycles. The minimum absolute atomic E-state index is 0.0900. The normalized spacial score (nSPS) is 11.4. The summed E-state index contributed by atoms with van der Waals surface area (Å²) < 4.78 is 5.51. The topological polar surface area (TPSA) is 46.5 Å². The van der Waals surface area contributed by atoms with Crippen molar-refractivity contribution in [2.45, 2.75) is 46.5 Å². The molecule has 0 radical (unpaired) electrons. The molecule has 0 saturated heterocycles. The first kappa shape index (κ1) is 14.6. The molecule has 0 atom stereocenters. The van der Waals surface area contributed by atoms with E-state index in [2.05, 4.69) is 6.07 Å². The van der Waals surface area contributed by atoms with E-state index >= 15 is 0 Å². The maximum atomic E-state index is 11.0. The van der Waals surface area contributed by atoms with Crippen LogP contribution in [0.3, 0.4) is 0 Å². The lowest BCUT2D eigenvalue weighted by molar-refractivity contribution is -0.138. The van der Waals surface area contributed by atoms with Crippen LogP contribution in [0.15, 0.2) is 6.07 Å². The van der Waals surface area contributed by atoms with Crippen LogP contribution < -0.4 is 4.74 Å². The average Bonchev–Trinajstić information content (AvgIpc) is 2.20. The van der Waals surface area contributed by atoms with Gasteiger partial charge in [0, 0.05) is 11.0 Å². The molecule has 1 rings (SSSR count). The molecule has 1 aromatic rings. The van der Waals surface area contributed by atoms with Crippen molar-refractivity contribution in [2.24, 2.45) is 0 Å². The molecule has 0 heterocycles. The quantitative estimate of drug-likeness (QED) is 0.891. The van der Waals surface area contributed by atoms with Gasteiger partial charge < -0.3 is 9.84 Å². The van der Waals surface area contributed by atoms with Crippen LogP contribution in [-0.2, 0) is 10.2 Å². The molecule has 1 aromatic carbocycles. The molecule has 0 aliphatic rings. The van der Waals surface area contributed by atoms with E-state index in [-0.39, 0.29) is 6.42 Å². The largest absolute Gasteiger partial charge is 0.496 e. The summed E-state index contributed by atoms with van der Waals surface area (Å²) >= 11 is 0. The lowest BCUT2D eigenvalue weighted by Gasteiger charge is -2.29. The van der Waals surface area contributed by atoms with Crippen molar-refractivity contribution >= 4 is 5.97 Å². The van der Waals surface area contributed by atoms with Gasteiger partial charge in [0.25, 0.3) is 0 Å². The Hall–Kier alpha value is -1.51. The Bertz CT molecular complexity index is 473. The highest BCUT2D eigenvalue weighted by Crippen LogP contribution is 2.40. The van der Waals surface area contributed by atoms with Gasteiger partial charge in [-0.2, -0.15) is 0 Å². The molecule has 0 aromatic heterocycles. The number of hydrogen-bond donors (Lipinski definition) is 1. The highest BCUT2D eigenvalue weighted by Gasteiger charge is 2.30. The van der Waals surface area contributed by atoms with Gasteiger partial charge in [0.15, 0.2) is 0 Å². The fourth-order valence-electron chi connectivity index (χ4n) is 2.61. The Morgan fingerprint density at radius 2 is 1.83 bits per heavy atom. The summed E-state index contributed by atoms with van der Waals surface area (Å²) in [4.78, 5) is 11.0. The van der Waals surface area contributed by atoms with Crippen LogP contribution in [0.25, 0.3) is 0 Å². The van der Waals surface area contributed by atoms with E-state index in [1.807, 2.05) is 34.6 Å². The number of benzene rings is 1. The number of aliphatic carboxylic acids is 1. The second-order valence-corrected chi connectivity index (χ2v) is 5.50. The van der Waals surface area contributed by atoms with Gasteiger partial charge >= 0.3 is 5.97 Å². The molecule has 3 nitrogen and oxygen atoms in total. The van der Waals surface area contributed by atoms with Crippen LogP contribution in [0.2, 0.25) is 0 Å². The average molecular weight is 250 g/mol. The lowest BCUT2D eigenvalue weighted by atomic mass is 9.77. The van der Waals surface area contributed by atoms with Crippen LogP contribution in [0.5, 0.6) is 5.75 Å². The fourth-order valence-corrected chi connectivity index (χ4v) is 2.61. The molecule has 0 unspecified atom stereocenters. The van der Waals surface area contributed by atoms with Crippen molar-refractivity contribution < 1.29 is 14.6 Å². The molecule has 100 valence electrons. The third-order valence-electron chi connectivity index (χ3n) is 3.46. The summed E-state index contributed by atoms with van der Waals surface area (Å²) in [7, 11) is 1.64. The van der Waals surface area contributed by atoms with E-state index in [4.69, 9.17) is 9.84 Å². The highest BCUT2D eigenvalue weighted by molar-refractivity contribution is 5.70. The van der Waals surface area contributed by atoms with Crippen molar-refractivity contribution in [3.8, 4) is 5.75 Å². The molecule has 3 heteroatoms. The first-order valence-electron chi connectivity index (χ1n) is 6.07. The predicted octanol–water partition coefficient (Wildman–Crippen LogP) is 3.37. The molecule has 0 fully saturated rings. The summed E-state index contributed by atoms with van der Waals surface area (Å²) in [5, 5.41) is 9.05. The number of methoxy groups -OCH3 is 1. The minimum Gasteiger partial charge on any atom is -0.496 e. The zero-order chi connectivity index (χ0) is 14.1.